The van der Waals surface area contributed by atoms with Crippen molar-refractivity contribution in [2.24, 2.45) is 0 Å². The van der Waals surface area contributed by atoms with E-state index in [1.165, 1.54) is 16.3 Å². The second-order valence-electron chi connectivity index (χ2n) is 7.60. The molecule has 0 amide bonds. The van der Waals surface area contributed by atoms with E-state index in [4.69, 9.17) is 14.5 Å². The van der Waals surface area contributed by atoms with E-state index in [0.717, 1.165) is 11.1 Å². The molecule has 0 atom stereocenters. The first-order valence-corrected chi connectivity index (χ1v) is 11.4. The number of carbonyl (C=O) groups is 1. The first-order chi connectivity index (χ1) is 15.9. The molecule has 0 saturated heterocycles. The molecular formula is C26H24N2O4S. The topological polar surface area (TPSA) is 70.4 Å². The molecule has 0 aliphatic rings. The summed E-state index contributed by atoms with van der Waals surface area (Å²) in [6, 6.07) is 18.1. The highest BCUT2D eigenvalue weighted by Gasteiger charge is 2.17. The lowest BCUT2D eigenvalue weighted by Gasteiger charge is -2.15. The minimum Gasteiger partial charge on any atom is -0.493 e. The van der Waals surface area contributed by atoms with Gasteiger partial charge in [0.1, 0.15) is 0 Å². The van der Waals surface area contributed by atoms with Crippen molar-refractivity contribution in [1.82, 2.24) is 9.55 Å². The molecule has 0 radical (unpaired) electrons. The van der Waals surface area contributed by atoms with E-state index in [1.54, 1.807) is 50.6 Å². The Morgan fingerprint density at radius 2 is 1.70 bits per heavy atom. The summed E-state index contributed by atoms with van der Waals surface area (Å²) in [6.45, 7) is 4.00. The van der Waals surface area contributed by atoms with Crippen molar-refractivity contribution >= 4 is 28.4 Å². The van der Waals surface area contributed by atoms with E-state index in [1.807, 2.05) is 38.1 Å². The number of benzene rings is 3. The van der Waals surface area contributed by atoms with Gasteiger partial charge in [0, 0.05) is 11.6 Å². The summed E-state index contributed by atoms with van der Waals surface area (Å²) in [6.07, 6.45) is 0. The van der Waals surface area contributed by atoms with Crippen molar-refractivity contribution in [2.75, 3.05) is 20.0 Å². The lowest BCUT2D eigenvalue weighted by Crippen LogP contribution is -2.22. The van der Waals surface area contributed by atoms with Gasteiger partial charge in [0.05, 0.1) is 36.6 Å². The summed E-state index contributed by atoms with van der Waals surface area (Å²) in [5, 5.41) is 0.931. The average molecular weight is 461 g/mol. The summed E-state index contributed by atoms with van der Waals surface area (Å²) in [5.41, 5.74) is 3.80. The van der Waals surface area contributed by atoms with Gasteiger partial charge in [-0.3, -0.25) is 14.2 Å². The fourth-order valence-electron chi connectivity index (χ4n) is 3.53. The number of nitrogens with zero attached hydrogens (tertiary/aromatic N) is 2. The lowest BCUT2D eigenvalue weighted by molar-refractivity contribution is 0.102. The number of aromatic nitrogens is 2. The Kier molecular flexibility index (Phi) is 6.51. The van der Waals surface area contributed by atoms with E-state index in [0.29, 0.717) is 38.8 Å². The zero-order valence-corrected chi connectivity index (χ0v) is 19.7. The van der Waals surface area contributed by atoms with Crippen molar-refractivity contribution in [3.05, 3.63) is 87.7 Å². The fourth-order valence-corrected chi connectivity index (χ4v) is 4.44. The number of carbonyl (C=O) groups excluding carboxylic acids is 1. The first-order valence-electron chi connectivity index (χ1n) is 10.4. The van der Waals surface area contributed by atoms with Crippen LogP contribution in [0.25, 0.3) is 16.6 Å². The van der Waals surface area contributed by atoms with Crippen LogP contribution in [0.5, 0.6) is 11.5 Å². The Bertz CT molecular complexity index is 1410. The van der Waals surface area contributed by atoms with Crippen molar-refractivity contribution in [2.45, 2.75) is 19.0 Å². The largest absolute Gasteiger partial charge is 0.493 e. The molecular weight excluding hydrogens is 436 g/mol. The average Bonchev–Trinajstić information content (AvgIpc) is 2.84. The number of methoxy groups -OCH3 is 2. The van der Waals surface area contributed by atoms with Crippen molar-refractivity contribution in [1.29, 1.82) is 0 Å². The second kappa shape index (κ2) is 9.50. The van der Waals surface area contributed by atoms with E-state index in [-0.39, 0.29) is 17.1 Å². The third-order valence-corrected chi connectivity index (χ3v) is 6.47. The number of para-hydroxylation sites is 1. The highest BCUT2D eigenvalue weighted by molar-refractivity contribution is 7.99. The first kappa shape index (κ1) is 22.6. The van der Waals surface area contributed by atoms with E-state index < -0.39 is 0 Å². The number of fused-ring (bicyclic) bond motifs is 1. The molecule has 0 fully saturated rings. The van der Waals surface area contributed by atoms with Gasteiger partial charge in [0.25, 0.3) is 5.56 Å². The van der Waals surface area contributed by atoms with Crippen LogP contribution in [-0.2, 0) is 0 Å². The van der Waals surface area contributed by atoms with Crippen LogP contribution in [-0.4, -0.2) is 35.3 Å². The predicted octanol–water partition coefficient (Wildman–Crippen LogP) is 4.99. The molecule has 168 valence electrons. The van der Waals surface area contributed by atoms with Crippen LogP contribution in [0.4, 0.5) is 0 Å². The van der Waals surface area contributed by atoms with Crippen LogP contribution in [0.2, 0.25) is 0 Å². The number of hydrogen-bond acceptors (Lipinski definition) is 6. The molecule has 4 aromatic rings. The summed E-state index contributed by atoms with van der Waals surface area (Å²) in [4.78, 5) is 31.1. The molecule has 0 unspecified atom stereocenters. The minimum atomic E-state index is -0.214. The zero-order valence-electron chi connectivity index (χ0n) is 18.9. The summed E-state index contributed by atoms with van der Waals surface area (Å²) < 4.78 is 12.3. The second-order valence-corrected chi connectivity index (χ2v) is 8.54. The smallest absolute Gasteiger partial charge is 0.266 e. The zero-order chi connectivity index (χ0) is 23.5. The number of ketones is 1. The number of rotatable bonds is 7. The molecule has 7 heteroatoms. The van der Waals surface area contributed by atoms with Crippen molar-refractivity contribution in [3.8, 4) is 17.2 Å². The third kappa shape index (κ3) is 4.50. The molecule has 0 saturated carbocycles. The number of thioether (sulfide) groups is 1. The van der Waals surface area contributed by atoms with Crippen molar-refractivity contribution < 1.29 is 14.3 Å². The van der Waals surface area contributed by atoms with Crippen LogP contribution in [0.15, 0.2) is 70.6 Å². The molecule has 1 aromatic heterocycles. The molecule has 6 nitrogen and oxygen atoms in total. The van der Waals surface area contributed by atoms with Crippen LogP contribution < -0.4 is 15.0 Å². The molecule has 0 aliphatic carbocycles. The monoisotopic (exact) mass is 460 g/mol. The van der Waals surface area contributed by atoms with Crippen LogP contribution in [0, 0.1) is 13.8 Å². The standard InChI is InChI=1S/C26H24N2O4S/c1-16-9-10-18(13-17(16)2)22(29)15-33-26-27-21-8-6-5-7-20(21)25(30)28(26)19-11-12-23(31-3)24(14-19)32-4/h5-14H,15H2,1-4H3. The Morgan fingerprint density at radius 3 is 2.42 bits per heavy atom. The normalized spacial score (nSPS) is 10.9. The maximum atomic E-state index is 13.5. The van der Waals surface area contributed by atoms with Gasteiger partial charge in [-0.05, 0) is 55.3 Å². The fraction of sp³-hybridized carbons (Fsp3) is 0.192. The molecule has 1 heterocycles. The van der Waals surface area contributed by atoms with Gasteiger partial charge in [-0.1, -0.05) is 36.0 Å². The number of hydrogen-bond donors (Lipinski definition) is 0. The summed E-state index contributed by atoms with van der Waals surface area (Å²) in [5.74, 6) is 1.18. The molecule has 0 aliphatic heterocycles. The number of Topliss-reactive ketones (excluding diaryl/α,β-unsaturated/α-hetero) is 1. The van der Waals surface area contributed by atoms with Gasteiger partial charge < -0.3 is 9.47 Å². The quantitative estimate of drug-likeness (QED) is 0.220. The summed E-state index contributed by atoms with van der Waals surface area (Å²) in [7, 11) is 3.10. The van der Waals surface area contributed by atoms with Crippen LogP contribution in [0.3, 0.4) is 0 Å². The minimum absolute atomic E-state index is 0.0237. The van der Waals surface area contributed by atoms with Gasteiger partial charge in [-0.15, -0.1) is 0 Å². The van der Waals surface area contributed by atoms with Gasteiger partial charge in [0.15, 0.2) is 22.4 Å². The maximum absolute atomic E-state index is 13.5. The molecule has 3 aromatic carbocycles. The predicted molar refractivity (Wildman–Crippen MR) is 131 cm³/mol. The molecule has 0 N–H and O–H groups in total. The Balaban J connectivity index is 1.78. The van der Waals surface area contributed by atoms with E-state index in [2.05, 4.69) is 0 Å². The van der Waals surface area contributed by atoms with Gasteiger partial charge in [0.2, 0.25) is 0 Å². The molecule has 33 heavy (non-hydrogen) atoms. The Labute approximate surface area is 196 Å². The molecule has 4 rings (SSSR count). The molecule has 0 spiro atoms. The summed E-state index contributed by atoms with van der Waals surface area (Å²) >= 11 is 1.24. The van der Waals surface area contributed by atoms with E-state index in [9.17, 15) is 9.59 Å². The lowest BCUT2D eigenvalue weighted by atomic mass is 10.0. The van der Waals surface area contributed by atoms with E-state index >= 15 is 0 Å². The number of ether oxygens (including phenoxy) is 2. The maximum Gasteiger partial charge on any atom is 0.266 e. The number of aryl methyl sites for hydroxylation is 2. The Hall–Kier alpha value is -3.58. The van der Waals surface area contributed by atoms with Gasteiger partial charge in [-0.2, -0.15) is 0 Å². The SMILES string of the molecule is COc1ccc(-n2c(SCC(=O)c3ccc(C)c(C)c3)nc3ccccc3c2=O)cc1OC. The Morgan fingerprint density at radius 1 is 0.939 bits per heavy atom. The third-order valence-electron chi connectivity index (χ3n) is 5.53. The van der Waals surface area contributed by atoms with Gasteiger partial charge >= 0.3 is 0 Å². The molecule has 0 bridgehead atoms. The highest BCUT2D eigenvalue weighted by Crippen LogP contribution is 2.31. The van der Waals surface area contributed by atoms with Crippen LogP contribution in [0.1, 0.15) is 21.5 Å². The van der Waals surface area contributed by atoms with Gasteiger partial charge in [-0.25, -0.2) is 4.98 Å². The van der Waals surface area contributed by atoms with Crippen molar-refractivity contribution in [3.63, 3.8) is 0 Å². The van der Waals surface area contributed by atoms with Crippen LogP contribution >= 0.6 is 11.8 Å². The highest BCUT2D eigenvalue weighted by atomic mass is 32.2.